The van der Waals surface area contributed by atoms with E-state index in [4.69, 9.17) is 21.8 Å². The van der Waals surface area contributed by atoms with Crippen LogP contribution in [0.2, 0.25) is 0 Å². The number of benzene rings is 3. The summed E-state index contributed by atoms with van der Waals surface area (Å²) in [7, 11) is -1.37. The minimum atomic E-state index is -0.685. The first-order valence-corrected chi connectivity index (χ1v) is 18.1. The number of nitrogens with zero attached hydrogens (tertiary/aromatic N) is 3. The van der Waals surface area contributed by atoms with Crippen molar-refractivity contribution in [3.05, 3.63) is 81.7 Å². The number of hydrogen-bond acceptors (Lipinski definition) is 3. The quantitative estimate of drug-likeness (QED) is 0.140. The summed E-state index contributed by atoms with van der Waals surface area (Å²) in [4.78, 5) is 0. The first-order chi connectivity index (χ1) is 19.1. The molecule has 3 aromatic carbocycles. The van der Waals surface area contributed by atoms with E-state index < -0.39 is 15.8 Å². The molecule has 0 amide bonds. The van der Waals surface area contributed by atoms with Crippen molar-refractivity contribution in [1.82, 2.24) is 0 Å². The van der Waals surface area contributed by atoms with Gasteiger partial charge in [0.2, 0.25) is 0 Å². The number of nitrogens with two attached hydrogens (primary N) is 1. The van der Waals surface area contributed by atoms with Gasteiger partial charge >= 0.3 is 0 Å². The van der Waals surface area contributed by atoms with Gasteiger partial charge in [-0.1, -0.05) is 53.3 Å². The van der Waals surface area contributed by atoms with E-state index in [-0.39, 0.29) is 20.1 Å². The molecule has 4 nitrogen and oxygen atoms in total. The van der Waals surface area contributed by atoms with Crippen molar-refractivity contribution >= 4 is 43.5 Å². The number of hydrogen-bond donors (Lipinski definition) is 1. The maximum atomic E-state index is 6.00. The predicted molar refractivity (Wildman–Crippen MR) is 190 cm³/mol. The molecule has 0 aliphatic carbocycles. The van der Waals surface area contributed by atoms with E-state index in [9.17, 15) is 0 Å². The minimum Gasteiger partial charge on any atom is -0.651 e. The number of nitrogen functional groups attached to an aromatic ring is 1. The Morgan fingerprint density at radius 2 is 0.857 bits per heavy atom. The Kier molecular flexibility index (Phi) is 18.0. The first-order valence-electron chi connectivity index (χ1n) is 14.8. The van der Waals surface area contributed by atoms with Crippen LogP contribution in [0.25, 0.3) is 5.32 Å². The molecule has 2 N–H and O–H groups in total. The van der Waals surface area contributed by atoms with Crippen LogP contribution in [0.15, 0.2) is 48.5 Å². The smallest absolute Gasteiger partial charge is 0.0777 e. The van der Waals surface area contributed by atoms with E-state index in [0.717, 1.165) is 5.69 Å². The number of rotatable bonds is 8. The fourth-order valence-corrected chi connectivity index (χ4v) is 12.7. The minimum absolute atomic E-state index is 0. The summed E-state index contributed by atoms with van der Waals surface area (Å²) in [6.45, 7) is 29.7. The molecular formula is C35H55IrN4P2+. The Balaban J connectivity index is 0.00000108. The molecule has 0 heterocycles. The molecule has 0 saturated carbocycles. The van der Waals surface area contributed by atoms with Crippen LogP contribution in [0.3, 0.4) is 0 Å². The van der Waals surface area contributed by atoms with Crippen molar-refractivity contribution in [2.24, 2.45) is 0 Å². The SMILES string of the molecule is Cc1cc(C)c(N)c(C)c1.Cc1ccc([N-]c2ccc(C)cc2[PH+](C(C)C)C(C)C)c([PH+](C(C)C)C(C)C)c1.N#N.[Ir]. The summed E-state index contributed by atoms with van der Waals surface area (Å²) < 4.78 is 0. The van der Waals surface area contributed by atoms with E-state index in [1.54, 1.807) is 0 Å². The van der Waals surface area contributed by atoms with Gasteiger partial charge < -0.3 is 11.1 Å². The third-order valence-electron chi connectivity index (χ3n) is 7.39. The van der Waals surface area contributed by atoms with Crippen LogP contribution in [0.5, 0.6) is 0 Å². The molecule has 42 heavy (non-hydrogen) atoms. The molecule has 7 heteroatoms. The largest absolute Gasteiger partial charge is 0.651 e. The van der Waals surface area contributed by atoms with Gasteiger partial charge in [0, 0.05) is 52.4 Å². The van der Waals surface area contributed by atoms with Crippen molar-refractivity contribution in [1.29, 1.82) is 10.8 Å². The van der Waals surface area contributed by atoms with Crippen molar-refractivity contribution in [2.75, 3.05) is 5.73 Å². The van der Waals surface area contributed by atoms with Crippen LogP contribution in [0.1, 0.15) is 83.2 Å². The summed E-state index contributed by atoms with van der Waals surface area (Å²) in [5, 5.41) is 20.4. The summed E-state index contributed by atoms with van der Waals surface area (Å²) in [5.74, 6) is 0. The molecule has 0 aliphatic rings. The summed E-state index contributed by atoms with van der Waals surface area (Å²) >= 11 is 0. The van der Waals surface area contributed by atoms with E-state index in [1.165, 1.54) is 49.8 Å². The molecule has 0 aliphatic heterocycles. The van der Waals surface area contributed by atoms with Gasteiger partial charge in [0.25, 0.3) is 0 Å². The molecule has 0 bridgehead atoms. The van der Waals surface area contributed by atoms with Gasteiger partial charge in [-0.05, 0) is 124 Å². The van der Waals surface area contributed by atoms with Crippen LogP contribution < -0.4 is 16.3 Å². The molecule has 0 unspecified atom stereocenters. The zero-order valence-corrected chi connectivity index (χ0v) is 32.6. The van der Waals surface area contributed by atoms with Gasteiger partial charge in [-0.25, -0.2) is 0 Å². The molecule has 0 fully saturated rings. The molecule has 0 saturated heterocycles. The van der Waals surface area contributed by atoms with Crippen LogP contribution >= 0.6 is 15.8 Å². The van der Waals surface area contributed by atoms with Gasteiger partial charge in [0.05, 0.1) is 33.2 Å². The van der Waals surface area contributed by atoms with Gasteiger partial charge in [-0.2, -0.15) is 0 Å². The zero-order chi connectivity index (χ0) is 31.6. The van der Waals surface area contributed by atoms with E-state index >= 15 is 0 Å². The van der Waals surface area contributed by atoms with Crippen LogP contribution in [0, 0.1) is 45.4 Å². The molecule has 0 atom stereocenters. The maximum absolute atomic E-state index is 6.00. The molecular weight excluding hydrogens is 731 g/mol. The first kappa shape index (κ1) is 40.2. The van der Waals surface area contributed by atoms with E-state index in [2.05, 4.69) is 125 Å². The molecule has 3 rings (SSSR count). The van der Waals surface area contributed by atoms with Crippen molar-refractivity contribution < 1.29 is 20.1 Å². The zero-order valence-electron chi connectivity index (χ0n) is 28.2. The average Bonchev–Trinajstić information content (AvgIpc) is 2.86. The fourth-order valence-electron chi connectivity index (χ4n) is 5.86. The molecule has 3 aromatic rings. The third-order valence-corrected chi connectivity index (χ3v) is 14.4. The second-order valence-corrected chi connectivity index (χ2v) is 20.0. The Morgan fingerprint density at radius 1 is 0.548 bits per heavy atom. The average molecular weight is 786 g/mol. The van der Waals surface area contributed by atoms with E-state index in [1.807, 2.05) is 13.8 Å². The second kappa shape index (κ2) is 18.8. The standard InChI is InChI=1S/C26H40NP2.C9H13N.Ir.N2/c1-17(2)28(18(3)4)25-15-21(9)11-13-23(25)27-24-14-12-22(10)16-26(24)29(19(5)6)20(7)8;1-6-4-7(2)9(10)8(3)5-6;;1-2/h11-20H,1-10H3;4-5H,10H2,1-3H3;;/q-1;;;/p+2. The fraction of sp³-hybridized carbons (Fsp3) is 0.486. The molecule has 233 valence electrons. The third kappa shape index (κ3) is 11.4. The Morgan fingerprint density at radius 3 is 1.14 bits per heavy atom. The van der Waals surface area contributed by atoms with Gasteiger partial charge in [0.1, 0.15) is 0 Å². The van der Waals surface area contributed by atoms with Crippen molar-refractivity contribution in [2.45, 2.75) is 113 Å². The van der Waals surface area contributed by atoms with Gasteiger partial charge in [0.15, 0.2) is 0 Å². The topological polar surface area (TPSA) is 87.7 Å². The van der Waals surface area contributed by atoms with Crippen LogP contribution in [-0.2, 0) is 20.1 Å². The van der Waals surface area contributed by atoms with Gasteiger partial charge in [-0.15, -0.1) is 0 Å². The Hall–Kier alpha value is -1.81. The Labute approximate surface area is 273 Å². The molecule has 0 aromatic heterocycles. The normalized spacial score (nSPS) is 10.9. The van der Waals surface area contributed by atoms with Crippen LogP contribution in [0.4, 0.5) is 17.1 Å². The summed E-state index contributed by atoms with van der Waals surface area (Å²) in [5.41, 5.74) is 18.2. The summed E-state index contributed by atoms with van der Waals surface area (Å²) in [6.07, 6.45) is 0. The second-order valence-electron chi connectivity index (χ2n) is 12.5. The predicted octanol–water partition coefficient (Wildman–Crippen LogP) is 10.2. The van der Waals surface area contributed by atoms with Gasteiger partial charge in [-0.3, -0.25) is 0 Å². The Bertz CT molecular complexity index is 1180. The van der Waals surface area contributed by atoms with Crippen LogP contribution in [-0.4, -0.2) is 22.6 Å². The van der Waals surface area contributed by atoms with E-state index in [0.29, 0.717) is 22.6 Å². The molecule has 0 spiro atoms. The van der Waals surface area contributed by atoms with Crippen molar-refractivity contribution in [3.63, 3.8) is 0 Å². The number of anilines is 1. The molecule has 1 radical (unpaired) electrons. The monoisotopic (exact) mass is 786 g/mol. The maximum Gasteiger partial charge on any atom is 0.0777 e. The number of aryl methyl sites for hydroxylation is 5. The van der Waals surface area contributed by atoms with Crippen molar-refractivity contribution in [3.8, 4) is 0 Å². The summed E-state index contributed by atoms with van der Waals surface area (Å²) in [6, 6.07) is 18.0.